The van der Waals surface area contributed by atoms with Crippen LogP contribution in [0.5, 0.6) is 0 Å². The van der Waals surface area contributed by atoms with Crippen LogP contribution in [-0.2, 0) is 23.0 Å². The van der Waals surface area contributed by atoms with Crippen molar-refractivity contribution in [2.75, 3.05) is 10.8 Å². The van der Waals surface area contributed by atoms with Crippen LogP contribution < -0.4 is 9.62 Å². The highest BCUT2D eigenvalue weighted by Crippen LogP contribution is 2.33. The van der Waals surface area contributed by atoms with E-state index in [1.54, 1.807) is 66.9 Å². The topological polar surface area (TPSA) is 79.6 Å². The number of rotatable bonds is 5. The fourth-order valence-electron chi connectivity index (χ4n) is 3.16. The minimum Gasteiger partial charge on any atom is -0.467 e. The lowest BCUT2D eigenvalue weighted by atomic mass is 10.1. The molecule has 1 aliphatic heterocycles. The van der Waals surface area contributed by atoms with E-state index in [2.05, 4.69) is 5.32 Å². The molecule has 0 bridgehead atoms. The largest absolute Gasteiger partial charge is 0.467 e. The third kappa shape index (κ3) is 3.33. The molecule has 1 N–H and O–H groups in total. The SMILES string of the molecule is O=C(NCc1ccco1)c1ccc2c(c1)CCN2S(=O)(=O)c1ccccc1. The number of hydrogen-bond donors (Lipinski definition) is 1. The summed E-state index contributed by atoms with van der Waals surface area (Å²) in [4.78, 5) is 12.6. The Bertz CT molecular complexity index is 1060. The van der Waals surface area contributed by atoms with E-state index >= 15 is 0 Å². The number of fused-ring (bicyclic) bond motifs is 1. The summed E-state index contributed by atoms with van der Waals surface area (Å²) in [6, 6.07) is 17.0. The summed E-state index contributed by atoms with van der Waals surface area (Å²) >= 11 is 0. The van der Waals surface area contributed by atoms with E-state index in [1.165, 1.54) is 4.31 Å². The highest BCUT2D eigenvalue weighted by Gasteiger charge is 2.31. The fourth-order valence-corrected chi connectivity index (χ4v) is 4.69. The quantitative estimate of drug-likeness (QED) is 0.736. The van der Waals surface area contributed by atoms with Gasteiger partial charge in [-0.05, 0) is 54.4 Å². The summed E-state index contributed by atoms with van der Waals surface area (Å²) in [5, 5.41) is 2.80. The maximum atomic E-state index is 12.9. The first kappa shape index (κ1) is 17.4. The number of benzene rings is 2. The molecule has 0 fully saturated rings. The van der Waals surface area contributed by atoms with E-state index in [0.717, 1.165) is 5.56 Å². The van der Waals surface area contributed by atoms with Crippen LogP contribution in [-0.4, -0.2) is 20.9 Å². The first-order chi connectivity index (χ1) is 13.1. The van der Waals surface area contributed by atoms with Crippen molar-refractivity contribution in [2.24, 2.45) is 0 Å². The number of carbonyl (C=O) groups is 1. The third-order valence-corrected chi connectivity index (χ3v) is 6.36. The molecule has 2 heterocycles. The van der Waals surface area contributed by atoms with Crippen LogP contribution in [0.2, 0.25) is 0 Å². The Hall–Kier alpha value is -3.06. The number of sulfonamides is 1. The van der Waals surface area contributed by atoms with Crippen LogP contribution in [0.3, 0.4) is 0 Å². The Labute approximate surface area is 157 Å². The molecule has 0 saturated heterocycles. The molecule has 1 aliphatic rings. The molecule has 27 heavy (non-hydrogen) atoms. The second-order valence-corrected chi connectivity index (χ2v) is 8.11. The predicted octanol–water partition coefficient (Wildman–Crippen LogP) is 2.96. The van der Waals surface area contributed by atoms with Crippen LogP contribution in [0.4, 0.5) is 5.69 Å². The van der Waals surface area contributed by atoms with Crippen molar-refractivity contribution in [3.8, 4) is 0 Å². The van der Waals surface area contributed by atoms with Crippen molar-refractivity contribution in [1.82, 2.24) is 5.32 Å². The van der Waals surface area contributed by atoms with Gasteiger partial charge in [-0.15, -0.1) is 0 Å². The van der Waals surface area contributed by atoms with Crippen molar-refractivity contribution in [3.05, 3.63) is 83.8 Å². The minimum absolute atomic E-state index is 0.224. The van der Waals surface area contributed by atoms with E-state index in [4.69, 9.17) is 4.42 Å². The van der Waals surface area contributed by atoms with E-state index in [0.29, 0.717) is 36.5 Å². The van der Waals surface area contributed by atoms with Gasteiger partial charge in [-0.1, -0.05) is 18.2 Å². The van der Waals surface area contributed by atoms with Gasteiger partial charge >= 0.3 is 0 Å². The normalized spacial score (nSPS) is 13.4. The molecule has 0 saturated carbocycles. The third-order valence-electron chi connectivity index (χ3n) is 4.53. The zero-order valence-corrected chi connectivity index (χ0v) is 15.3. The predicted molar refractivity (Wildman–Crippen MR) is 101 cm³/mol. The zero-order valence-electron chi connectivity index (χ0n) is 14.5. The van der Waals surface area contributed by atoms with Gasteiger partial charge in [0.2, 0.25) is 0 Å². The number of nitrogens with zero attached hydrogens (tertiary/aromatic N) is 1. The van der Waals surface area contributed by atoms with Gasteiger partial charge in [0.1, 0.15) is 5.76 Å². The lowest BCUT2D eigenvalue weighted by Gasteiger charge is -2.19. The standard InChI is InChI=1S/C20H18N2O4S/c23-20(21-14-17-5-4-12-26-17)16-8-9-19-15(13-16)10-11-22(19)27(24,25)18-6-2-1-3-7-18/h1-9,12-13H,10-11,14H2,(H,21,23). The highest BCUT2D eigenvalue weighted by molar-refractivity contribution is 7.92. The van der Waals surface area contributed by atoms with Crippen molar-refractivity contribution in [3.63, 3.8) is 0 Å². The average molecular weight is 382 g/mol. The molecule has 3 aromatic rings. The first-order valence-corrected chi connectivity index (χ1v) is 10.0. The Morgan fingerprint density at radius 2 is 1.89 bits per heavy atom. The molecule has 0 unspecified atom stereocenters. The van der Waals surface area contributed by atoms with E-state index in [1.807, 2.05) is 0 Å². The molecule has 1 amide bonds. The molecule has 4 rings (SSSR count). The molecule has 2 aromatic carbocycles. The van der Waals surface area contributed by atoms with Crippen molar-refractivity contribution in [2.45, 2.75) is 17.9 Å². The summed E-state index contributed by atoms with van der Waals surface area (Å²) in [5.41, 5.74) is 1.97. The van der Waals surface area contributed by atoms with Gasteiger partial charge < -0.3 is 9.73 Å². The van der Waals surface area contributed by atoms with Gasteiger partial charge in [-0.25, -0.2) is 8.42 Å². The van der Waals surface area contributed by atoms with E-state index in [9.17, 15) is 13.2 Å². The minimum atomic E-state index is -3.60. The number of carbonyl (C=O) groups excluding carboxylic acids is 1. The summed E-state index contributed by atoms with van der Waals surface area (Å²) in [6.07, 6.45) is 2.12. The van der Waals surface area contributed by atoms with Crippen LogP contribution in [0.25, 0.3) is 0 Å². The molecule has 0 atom stereocenters. The Morgan fingerprint density at radius 1 is 1.07 bits per heavy atom. The number of furan rings is 1. The van der Waals surface area contributed by atoms with Crippen molar-refractivity contribution in [1.29, 1.82) is 0 Å². The lowest BCUT2D eigenvalue weighted by molar-refractivity contribution is 0.0948. The molecule has 6 nitrogen and oxygen atoms in total. The van der Waals surface area contributed by atoms with Gasteiger partial charge in [-0.2, -0.15) is 0 Å². The second kappa shape index (κ2) is 6.92. The van der Waals surface area contributed by atoms with Gasteiger partial charge in [0, 0.05) is 12.1 Å². The van der Waals surface area contributed by atoms with Crippen LogP contribution >= 0.6 is 0 Å². The summed E-state index contributed by atoms with van der Waals surface area (Å²) in [5.74, 6) is 0.447. The van der Waals surface area contributed by atoms with Crippen LogP contribution in [0, 0.1) is 0 Å². The van der Waals surface area contributed by atoms with Gasteiger partial charge in [0.25, 0.3) is 15.9 Å². The van der Waals surface area contributed by atoms with Gasteiger partial charge in [-0.3, -0.25) is 9.10 Å². The van der Waals surface area contributed by atoms with Crippen molar-refractivity contribution < 1.29 is 17.6 Å². The Balaban J connectivity index is 1.55. The second-order valence-electron chi connectivity index (χ2n) is 6.25. The molecular formula is C20H18N2O4S. The smallest absolute Gasteiger partial charge is 0.264 e. The van der Waals surface area contributed by atoms with Crippen molar-refractivity contribution >= 4 is 21.6 Å². The Morgan fingerprint density at radius 3 is 2.63 bits per heavy atom. The molecular weight excluding hydrogens is 364 g/mol. The Kier molecular flexibility index (Phi) is 4.45. The fraction of sp³-hybridized carbons (Fsp3) is 0.150. The molecule has 0 radical (unpaired) electrons. The highest BCUT2D eigenvalue weighted by atomic mass is 32.2. The van der Waals surface area contributed by atoms with Crippen LogP contribution in [0.1, 0.15) is 21.7 Å². The summed E-state index contributed by atoms with van der Waals surface area (Å²) in [7, 11) is -3.60. The molecule has 138 valence electrons. The number of nitrogens with one attached hydrogen (secondary N) is 1. The van der Waals surface area contributed by atoms with Gasteiger partial charge in [0.15, 0.2) is 0 Å². The average Bonchev–Trinajstić information content (AvgIpc) is 3.36. The lowest BCUT2D eigenvalue weighted by Crippen LogP contribution is -2.29. The first-order valence-electron chi connectivity index (χ1n) is 8.57. The number of hydrogen-bond acceptors (Lipinski definition) is 4. The number of anilines is 1. The molecule has 0 spiro atoms. The van der Waals surface area contributed by atoms with Gasteiger partial charge in [0.05, 0.1) is 23.4 Å². The summed E-state index contributed by atoms with van der Waals surface area (Å²) in [6.45, 7) is 0.668. The van der Waals surface area contributed by atoms with E-state index in [-0.39, 0.29) is 10.8 Å². The molecule has 0 aliphatic carbocycles. The van der Waals surface area contributed by atoms with E-state index < -0.39 is 10.0 Å². The maximum absolute atomic E-state index is 12.9. The monoisotopic (exact) mass is 382 g/mol. The summed E-state index contributed by atoms with van der Waals surface area (Å²) < 4.78 is 32.4. The van der Waals surface area contributed by atoms with Crippen LogP contribution in [0.15, 0.2) is 76.2 Å². The molecule has 7 heteroatoms. The zero-order chi connectivity index (χ0) is 18.9. The maximum Gasteiger partial charge on any atom is 0.264 e. The molecule has 1 aromatic heterocycles. The number of amides is 1.